The van der Waals surface area contributed by atoms with Gasteiger partial charge < -0.3 is 4.90 Å². The normalized spacial score (nSPS) is 18.0. The minimum atomic E-state index is -0.217. The Morgan fingerprint density at radius 3 is 2.48 bits per heavy atom. The van der Waals surface area contributed by atoms with Crippen LogP contribution < -0.4 is 0 Å². The van der Waals surface area contributed by atoms with Crippen LogP contribution >= 0.6 is 0 Å². The maximum absolute atomic E-state index is 13.1. The van der Waals surface area contributed by atoms with E-state index in [4.69, 9.17) is 0 Å². The van der Waals surface area contributed by atoms with Crippen LogP contribution in [0.5, 0.6) is 0 Å². The van der Waals surface area contributed by atoms with E-state index in [1.807, 2.05) is 23.1 Å². The van der Waals surface area contributed by atoms with Crippen LogP contribution in [0.15, 0.2) is 55.1 Å². The molecule has 1 fully saturated rings. The van der Waals surface area contributed by atoms with Crippen molar-refractivity contribution in [1.82, 2.24) is 9.80 Å². The van der Waals surface area contributed by atoms with Crippen molar-refractivity contribution >= 4 is 11.5 Å². The molecule has 0 bridgehead atoms. The van der Waals surface area contributed by atoms with Gasteiger partial charge in [-0.2, -0.15) is 0 Å². The van der Waals surface area contributed by atoms with Gasteiger partial charge in [0.1, 0.15) is 5.82 Å². The molecule has 2 aliphatic heterocycles. The lowest BCUT2D eigenvalue weighted by Crippen LogP contribution is -2.39. The molecule has 0 radical (unpaired) electrons. The first-order valence-corrected chi connectivity index (χ1v) is 9.63. The highest BCUT2D eigenvalue weighted by Gasteiger charge is 2.30. The molecule has 4 heteroatoms. The van der Waals surface area contributed by atoms with Crippen molar-refractivity contribution in [1.29, 1.82) is 0 Å². The predicted octanol–water partition coefficient (Wildman–Crippen LogP) is 4.21. The molecular formula is C23H25FN2O. The van der Waals surface area contributed by atoms with E-state index in [0.29, 0.717) is 5.92 Å². The lowest BCUT2D eigenvalue weighted by Gasteiger charge is -2.34. The number of likely N-dealkylation sites (tertiary alicyclic amines) is 1. The van der Waals surface area contributed by atoms with Crippen LogP contribution in [-0.2, 0) is 6.54 Å². The molecule has 2 aromatic carbocycles. The topological polar surface area (TPSA) is 23.6 Å². The molecule has 1 amide bonds. The summed E-state index contributed by atoms with van der Waals surface area (Å²) < 4.78 is 13.1. The first-order chi connectivity index (χ1) is 13.1. The monoisotopic (exact) mass is 364 g/mol. The molecule has 140 valence electrons. The standard InChI is InChI=1S/C23H25FN2O/c1-17(19-6-8-21(24)9-7-19)14-25-12-10-18(11-13-25)15-26-16-20-4-2-3-5-22(20)23(26)27/h2-9,18H,1,10-16H2. The van der Waals surface area contributed by atoms with Gasteiger partial charge in [0, 0.05) is 25.2 Å². The molecule has 0 atom stereocenters. The Balaban J connectivity index is 1.27. The molecule has 2 aliphatic rings. The van der Waals surface area contributed by atoms with E-state index in [9.17, 15) is 9.18 Å². The van der Waals surface area contributed by atoms with Crippen molar-refractivity contribution < 1.29 is 9.18 Å². The van der Waals surface area contributed by atoms with Gasteiger partial charge in [0.2, 0.25) is 0 Å². The summed E-state index contributed by atoms with van der Waals surface area (Å²) in [4.78, 5) is 16.9. The van der Waals surface area contributed by atoms with E-state index in [0.717, 1.165) is 67.8 Å². The van der Waals surface area contributed by atoms with Crippen molar-refractivity contribution in [2.24, 2.45) is 5.92 Å². The zero-order chi connectivity index (χ0) is 18.8. The third-order valence-electron chi connectivity index (χ3n) is 5.75. The van der Waals surface area contributed by atoms with E-state index in [-0.39, 0.29) is 11.7 Å². The number of nitrogens with zero attached hydrogens (tertiary/aromatic N) is 2. The molecule has 0 unspecified atom stereocenters. The van der Waals surface area contributed by atoms with Gasteiger partial charge in [-0.3, -0.25) is 9.69 Å². The number of carbonyl (C=O) groups excluding carboxylic acids is 1. The van der Waals surface area contributed by atoms with Crippen LogP contribution in [0.3, 0.4) is 0 Å². The number of carbonyl (C=O) groups is 1. The summed E-state index contributed by atoms with van der Waals surface area (Å²) in [6.07, 6.45) is 2.19. The van der Waals surface area contributed by atoms with Gasteiger partial charge in [-0.05, 0) is 66.7 Å². The molecular weight excluding hydrogens is 339 g/mol. The Bertz CT molecular complexity index is 838. The highest BCUT2D eigenvalue weighted by Crippen LogP contribution is 2.27. The van der Waals surface area contributed by atoms with E-state index >= 15 is 0 Å². The summed E-state index contributed by atoms with van der Waals surface area (Å²) in [5.41, 5.74) is 4.04. The average molecular weight is 364 g/mol. The van der Waals surface area contributed by atoms with Crippen molar-refractivity contribution in [3.05, 3.63) is 77.6 Å². The first kappa shape index (κ1) is 17.9. The Hall–Kier alpha value is -2.46. The maximum Gasteiger partial charge on any atom is 0.254 e. The Morgan fingerprint density at radius 1 is 1.07 bits per heavy atom. The molecule has 3 nitrogen and oxygen atoms in total. The first-order valence-electron chi connectivity index (χ1n) is 9.63. The van der Waals surface area contributed by atoms with Crippen LogP contribution in [0.25, 0.3) is 5.57 Å². The quantitative estimate of drug-likeness (QED) is 0.794. The molecule has 1 saturated heterocycles. The van der Waals surface area contributed by atoms with Crippen LogP contribution in [0.2, 0.25) is 0 Å². The van der Waals surface area contributed by atoms with Crippen molar-refractivity contribution in [3.8, 4) is 0 Å². The largest absolute Gasteiger partial charge is 0.334 e. The molecule has 2 heterocycles. The second kappa shape index (κ2) is 7.65. The molecule has 0 N–H and O–H groups in total. The molecule has 0 saturated carbocycles. The molecule has 27 heavy (non-hydrogen) atoms. The molecule has 0 aromatic heterocycles. The molecule has 2 aromatic rings. The van der Waals surface area contributed by atoms with E-state index in [1.54, 1.807) is 12.1 Å². The molecule has 0 spiro atoms. The zero-order valence-electron chi connectivity index (χ0n) is 15.5. The fourth-order valence-electron chi connectivity index (χ4n) is 4.15. The lowest BCUT2D eigenvalue weighted by atomic mass is 9.95. The van der Waals surface area contributed by atoms with Gasteiger partial charge in [-0.15, -0.1) is 0 Å². The predicted molar refractivity (Wildman–Crippen MR) is 106 cm³/mol. The van der Waals surface area contributed by atoms with Gasteiger partial charge in [-0.25, -0.2) is 4.39 Å². The summed E-state index contributed by atoms with van der Waals surface area (Å²) >= 11 is 0. The van der Waals surface area contributed by atoms with Gasteiger partial charge in [0.15, 0.2) is 0 Å². The third-order valence-corrected chi connectivity index (χ3v) is 5.75. The summed E-state index contributed by atoms with van der Waals surface area (Å²) in [7, 11) is 0. The van der Waals surface area contributed by atoms with Gasteiger partial charge in [-0.1, -0.05) is 36.9 Å². The summed E-state index contributed by atoms with van der Waals surface area (Å²) in [5, 5.41) is 0. The zero-order valence-corrected chi connectivity index (χ0v) is 15.5. The fourth-order valence-corrected chi connectivity index (χ4v) is 4.15. The number of hydrogen-bond donors (Lipinski definition) is 0. The number of rotatable bonds is 5. The van der Waals surface area contributed by atoms with E-state index < -0.39 is 0 Å². The minimum absolute atomic E-state index is 0.178. The lowest BCUT2D eigenvalue weighted by molar-refractivity contribution is 0.0719. The van der Waals surface area contributed by atoms with E-state index in [1.165, 1.54) is 12.1 Å². The van der Waals surface area contributed by atoms with Gasteiger partial charge in [0.25, 0.3) is 5.91 Å². The molecule has 0 aliphatic carbocycles. The maximum atomic E-state index is 13.1. The highest BCUT2D eigenvalue weighted by atomic mass is 19.1. The Labute approximate surface area is 160 Å². The molecule has 4 rings (SSSR count). The van der Waals surface area contributed by atoms with E-state index in [2.05, 4.69) is 17.5 Å². The number of benzene rings is 2. The summed E-state index contributed by atoms with van der Waals surface area (Å²) in [6.45, 7) is 8.60. The van der Waals surface area contributed by atoms with Crippen molar-refractivity contribution in [2.75, 3.05) is 26.2 Å². The number of amides is 1. The number of piperidine rings is 1. The second-order valence-corrected chi connectivity index (χ2v) is 7.67. The Morgan fingerprint density at radius 2 is 1.78 bits per heavy atom. The third kappa shape index (κ3) is 3.96. The summed E-state index contributed by atoms with van der Waals surface area (Å²) in [5.74, 6) is 0.516. The van der Waals surface area contributed by atoms with Crippen LogP contribution in [0.1, 0.15) is 34.3 Å². The van der Waals surface area contributed by atoms with Crippen LogP contribution in [0, 0.1) is 11.7 Å². The highest BCUT2D eigenvalue weighted by molar-refractivity contribution is 5.98. The van der Waals surface area contributed by atoms with Gasteiger partial charge in [0.05, 0.1) is 0 Å². The number of halogens is 1. The number of hydrogen-bond acceptors (Lipinski definition) is 2. The summed E-state index contributed by atoms with van der Waals surface area (Å²) in [6, 6.07) is 14.5. The second-order valence-electron chi connectivity index (χ2n) is 7.67. The number of fused-ring (bicyclic) bond motifs is 1. The average Bonchev–Trinajstić information content (AvgIpc) is 3.00. The SMILES string of the molecule is C=C(CN1CCC(CN2Cc3ccccc3C2=O)CC1)c1ccc(F)cc1. The van der Waals surface area contributed by atoms with Crippen molar-refractivity contribution in [3.63, 3.8) is 0 Å². The van der Waals surface area contributed by atoms with Crippen LogP contribution in [0.4, 0.5) is 4.39 Å². The van der Waals surface area contributed by atoms with Gasteiger partial charge >= 0.3 is 0 Å². The Kier molecular flexibility index (Phi) is 5.08. The smallest absolute Gasteiger partial charge is 0.254 e. The fraction of sp³-hybridized carbons (Fsp3) is 0.348. The van der Waals surface area contributed by atoms with Crippen LogP contribution in [-0.4, -0.2) is 41.9 Å². The minimum Gasteiger partial charge on any atom is -0.334 e. The van der Waals surface area contributed by atoms with Crippen molar-refractivity contribution in [2.45, 2.75) is 19.4 Å².